The number of aromatic amines is 1. The molecule has 4 rings (SSSR count). The molecule has 0 spiro atoms. The third-order valence-electron chi connectivity index (χ3n) is 5.60. The van der Waals surface area contributed by atoms with Gasteiger partial charge in [-0.05, 0) is 48.5 Å². The summed E-state index contributed by atoms with van der Waals surface area (Å²) >= 11 is 0. The molecule has 0 saturated carbocycles. The molecule has 0 aliphatic carbocycles. The molecule has 3 aromatic carbocycles. The van der Waals surface area contributed by atoms with E-state index in [1.54, 1.807) is 25.1 Å². The minimum atomic E-state index is -0.790. The number of hydrogen-bond acceptors (Lipinski definition) is 4. The maximum absolute atomic E-state index is 14.5. The normalized spacial score (nSPS) is 10.7. The molecular weight excluding hydrogens is 470 g/mol. The Labute approximate surface area is 205 Å². The van der Waals surface area contributed by atoms with Gasteiger partial charge in [0.1, 0.15) is 17.4 Å². The maximum Gasteiger partial charge on any atom is 0.300 e. The molecule has 1 aromatic heterocycles. The monoisotopic (exact) mass is 492 g/mol. The van der Waals surface area contributed by atoms with Crippen LogP contribution in [0.2, 0.25) is 0 Å². The van der Waals surface area contributed by atoms with Crippen molar-refractivity contribution in [3.8, 4) is 28.3 Å². The molecule has 0 aliphatic rings. The fourth-order valence-electron chi connectivity index (χ4n) is 3.88. The van der Waals surface area contributed by atoms with E-state index >= 15 is 0 Å². The first-order valence-corrected chi connectivity index (χ1v) is 10.8. The Morgan fingerprint density at radius 2 is 1.69 bits per heavy atom. The molecule has 0 radical (unpaired) electrons. The van der Waals surface area contributed by atoms with Gasteiger partial charge in [-0.2, -0.15) is 0 Å². The number of ether oxygens (including phenoxy) is 1. The molecule has 0 saturated heterocycles. The third kappa shape index (κ3) is 4.48. The second-order valence-corrected chi connectivity index (χ2v) is 7.87. The number of nitrogens with one attached hydrogen (secondary N) is 3. The number of rotatable bonds is 6. The third-order valence-corrected chi connectivity index (χ3v) is 5.60. The van der Waals surface area contributed by atoms with Crippen LogP contribution in [0, 0.1) is 23.8 Å². The summed E-state index contributed by atoms with van der Waals surface area (Å²) in [7, 11) is 2.86. The van der Waals surface area contributed by atoms with Gasteiger partial charge in [0.25, 0.3) is 17.6 Å². The van der Waals surface area contributed by atoms with E-state index in [9.17, 15) is 23.6 Å². The number of anilines is 1. The van der Waals surface area contributed by atoms with Crippen molar-refractivity contribution in [3.63, 3.8) is 0 Å². The molecule has 0 fully saturated rings. The summed E-state index contributed by atoms with van der Waals surface area (Å²) in [6, 6.07) is 14.2. The summed E-state index contributed by atoms with van der Waals surface area (Å²) in [6.45, 7) is 1.55. The van der Waals surface area contributed by atoms with Crippen molar-refractivity contribution in [2.45, 2.75) is 6.92 Å². The molecule has 8 nitrogen and oxygen atoms in total. The van der Waals surface area contributed by atoms with E-state index in [1.165, 1.54) is 44.5 Å². The standard InChI is InChI=1S/C26H22F2N4O4/c1-14-23(26(34)31-17-7-4-6-16(12-17)25(33)29-2)32(35)24(30-14)15-10-11-21(36-3)18(13-15)22-19(27)8-5-9-20(22)28/h4-13,30H,1-3H3,(H,29,33)(H,31,34). The van der Waals surface area contributed by atoms with Crippen LogP contribution in [0.1, 0.15) is 26.5 Å². The Kier molecular flexibility index (Phi) is 6.69. The van der Waals surface area contributed by atoms with Crippen molar-refractivity contribution in [1.29, 1.82) is 0 Å². The molecule has 36 heavy (non-hydrogen) atoms. The smallest absolute Gasteiger partial charge is 0.300 e. The van der Waals surface area contributed by atoms with E-state index in [2.05, 4.69) is 15.6 Å². The lowest BCUT2D eigenvalue weighted by Gasteiger charge is -2.12. The first-order valence-electron chi connectivity index (χ1n) is 10.8. The van der Waals surface area contributed by atoms with Crippen LogP contribution < -0.4 is 20.1 Å². The van der Waals surface area contributed by atoms with Crippen molar-refractivity contribution in [1.82, 2.24) is 10.3 Å². The fraction of sp³-hybridized carbons (Fsp3) is 0.115. The van der Waals surface area contributed by atoms with E-state index in [0.717, 1.165) is 12.1 Å². The van der Waals surface area contributed by atoms with Gasteiger partial charge in [0, 0.05) is 30.8 Å². The van der Waals surface area contributed by atoms with Crippen molar-refractivity contribution in [3.05, 3.63) is 94.5 Å². The van der Waals surface area contributed by atoms with Gasteiger partial charge in [-0.1, -0.05) is 12.1 Å². The number of methoxy groups -OCH3 is 1. The highest BCUT2D eigenvalue weighted by Gasteiger charge is 2.27. The Bertz CT molecular complexity index is 1460. The predicted molar refractivity (Wildman–Crippen MR) is 130 cm³/mol. The highest BCUT2D eigenvalue weighted by atomic mass is 19.1. The zero-order valence-electron chi connectivity index (χ0n) is 19.6. The van der Waals surface area contributed by atoms with E-state index in [4.69, 9.17) is 4.74 Å². The van der Waals surface area contributed by atoms with Gasteiger partial charge in [-0.25, -0.2) is 18.5 Å². The highest BCUT2D eigenvalue weighted by molar-refractivity contribution is 6.04. The number of halogens is 2. The second-order valence-electron chi connectivity index (χ2n) is 7.87. The Balaban J connectivity index is 1.73. The number of hydrogen-bond donors (Lipinski definition) is 3. The number of benzene rings is 3. The lowest BCUT2D eigenvalue weighted by atomic mass is 10.0. The van der Waals surface area contributed by atoms with Crippen LogP contribution in [0.3, 0.4) is 0 Å². The lowest BCUT2D eigenvalue weighted by molar-refractivity contribution is -0.594. The quantitative estimate of drug-likeness (QED) is 0.277. The molecule has 0 atom stereocenters. The van der Waals surface area contributed by atoms with Gasteiger partial charge >= 0.3 is 0 Å². The molecule has 184 valence electrons. The van der Waals surface area contributed by atoms with Gasteiger partial charge in [0.15, 0.2) is 5.69 Å². The summed E-state index contributed by atoms with van der Waals surface area (Å²) in [4.78, 5) is 27.7. The van der Waals surface area contributed by atoms with Gasteiger partial charge in [0.2, 0.25) is 5.69 Å². The fourth-order valence-corrected chi connectivity index (χ4v) is 3.88. The summed E-state index contributed by atoms with van der Waals surface area (Å²) in [6.07, 6.45) is 0. The summed E-state index contributed by atoms with van der Waals surface area (Å²) in [5, 5.41) is 18.3. The van der Waals surface area contributed by atoms with Crippen LogP contribution in [0.15, 0.2) is 60.7 Å². The van der Waals surface area contributed by atoms with Crippen LogP contribution in [0.4, 0.5) is 14.5 Å². The van der Waals surface area contributed by atoms with E-state index < -0.39 is 17.5 Å². The number of aromatic nitrogens is 2. The van der Waals surface area contributed by atoms with Crippen LogP contribution >= 0.6 is 0 Å². The molecule has 0 aliphatic heterocycles. The zero-order valence-corrected chi connectivity index (χ0v) is 19.6. The zero-order chi connectivity index (χ0) is 26.0. The summed E-state index contributed by atoms with van der Waals surface area (Å²) < 4.78 is 34.7. The first-order chi connectivity index (χ1) is 17.2. The number of carbonyl (C=O) groups excluding carboxylic acids is 2. The molecule has 4 aromatic rings. The number of aryl methyl sites for hydroxylation is 1. The molecule has 1 heterocycles. The molecule has 2 amide bonds. The second kappa shape index (κ2) is 9.87. The van der Waals surface area contributed by atoms with Crippen molar-refractivity contribution < 1.29 is 27.8 Å². The van der Waals surface area contributed by atoms with Crippen LogP contribution in [0.25, 0.3) is 22.5 Å². The van der Waals surface area contributed by atoms with Gasteiger partial charge < -0.3 is 20.6 Å². The minimum Gasteiger partial charge on any atom is -0.710 e. The molecular formula is C26H22F2N4O4. The Hall–Kier alpha value is -4.73. The maximum atomic E-state index is 14.5. The number of H-pyrrole nitrogens is 1. The summed E-state index contributed by atoms with van der Waals surface area (Å²) in [5.41, 5.74) is 0.820. The number of carbonyl (C=O) groups is 2. The van der Waals surface area contributed by atoms with Crippen molar-refractivity contribution >= 4 is 17.5 Å². The summed E-state index contributed by atoms with van der Waals surface area (Å²) in [5.74, 6) is -2.40. The van der Waals surface area contributed by atoms with E-state index in [0.29, 0.717) is 16.0 Å². The van der Waals surface area contributed by atoms with Gasteiger partial charge in [-0.3, -0.25) is 9.59 Å². The first kappa shape index (κ1) is 24.4. The van der Waals surface area contributed by atoms with Gasteiger partial charge in [-0.15, -0.1) is 0 Å². The van der Waals surface area contributed by atoms with Crippen LogP contribution in [-0.2, 0) is 0 Å². The van der Waals surface area contributed by atoms with Crippen molar-refractivity contribution in [2.24, 2.45) is 0 Å². The predicted octanol–water partition coefficient (Wildman–Crippen LogP) is 4.19. The number of imidazole rings is 1. The average Bonchev–Trinajstić information content (AvgIpc) is 3.17. The largest absolute Gasteiger partial charge is 0.710 e. The number of amides is 2. The molecule has 10 heteroatoms. The average molecular weight is 492 g/mol. The van der Waals surface area contributed by atoms with Crippen molar-refractivity contribution in [2.75, 3.05) is 19.5 Å². The van der Waals surface area contributed by atoms with E-state index in [1.807, 2.05) is 0 Å². The van der Waals surface area contributed by atoms with Gasteiger partial charge in [0.05, 0.1) is 18.2 Å². The Morgan fingerprint density at radius 3 is 2.36 bits per heavy atom. The Morgan fingerprint density at radius 1 is 1.00 bits per heavy atom. The molecule has 0 unspecified atom stereocenters. The van der Waals surface area contributed by atoms with E-state index in [-0.39, 0.29) is 45.6 Å². The SMILES string of the molecule is CNC(=O)c1cccc(NC(=O)c2c(C)[nH]c(-c3ccc(OC)c(-c4c(F)cccc4F)c3)[n+]2[O-])c1. The minimum absolute atomic E-state index is 0.00240. The molecule has 0 bridgehead atoms. The topological polar surface area (TPSA) is 110 Å². The molecule has 3 N–H and O–H groups in total. The number of nitrogens with zero attached hydrogens (tertiary/aromatic N) is 1. The van der Waals surface area contributed by atoms with Crippen LogP contribution in [-0.4, -0.2) is 31.0 Å². The lowest BCUT2D eigenvalue weighted by Crippen LogP contribution is -2.36. The van der Waals surface area contributed by atoms with Crippen LogP contribution in [0.5, 0.6) is 5.75 Å². The highest BCUT2D eigenvalue weighted by Crippen LogP contribution is 2.36.